The summed E-state index contributed by atoms with van der Waals surface area (Å²) in [4.78, 5) is 41.1. The number of piperidine rings is 1. The number of hydrogen-bond donors (Lipinski definition) is 2. The second-order valence-electron chi connectivity index (χ2n) is 5.37. The highest BCUT2D eigenvalue weighted by molar-refractivity contribution is 6.07. The number of nitrogens with zero attached hydrogens (tertiary/aromatic N) is 2. The van der Waals surface area contributed by atoms with Crippen LogP contribution in [0.4, 0.5) is 4.79 Å². The molecule has 0 unspecified atom stereocenters. The van der Waals surface area contributed by atoms with Crippen molar-refractivity contribution in [3.8, 4) is 0 Å². The minimum Gasteiger partial charge on any atom is -0.342 e. The number of nitrogens with one attached hydrogen (secondary N) is 2. The van der Waals surface area contributed by atoms with Crippen molar-refractivity contribution in [2.45, 2.75) is 24.8 Å². The van der Waals surface area contributed by atoms with Crippen LogP contribution < -0.4 is 10.6 Å². The molecule has 2 saturated heterocycles. The molecule has 1 aromatic rings. The Bertz CT molecular complexity index is 579. The van der Waals surface area contributed by atoms with Crippen LogP contribution in [-0.2, 0) is 16.0 Å². The highest BCUT2D eigenvalue weighted by Crippen LogP contribution is 2.25. The lowest BCUT2D eigenvalue weighted by molar-refractivity contribution is -0.135. The third kappa shape index (κ3) is 2.58. The Morgan fingerprint density at radius 3 is 2.62 bits per heavy atom. The number of pyridine rings is 1. The van der Waals surface area contributed by atoms with Crippen molar-refractivity contribution in [3.05, 3.63) is 30.1 Å². The van der Waals surface area contributed by atoms with Crippen LogP contribution in [0.2, 0.25) is 0 Å². The van der Waals surface area contributed by atoms with Crippen LogP contribution in [0.1, 0.15) is 18.5 Å². The molecule has 0 aliphatic carbocycles. The molecule has 0 aromatic carbocycles. The van der Waals surface area contributed by atoms with Crippen molar-refractivity contribution in [3.63, 3.8) is 0 Å². The van der Waals surface area contributed by atoms with Crippen LogP contribution in [0.5, 0.6) is 0 Å². The maximum Gasteiger partial charge on any atom is 0.322 e. The van der Waals surface area contributed by atoms with Gasteiger partial charge in [-0.25, -0.2) is 4.79 Å². The zero-order valence-corrected chi connectivity index (χ0v) is 11.5. The van der Waals surface area contributed by atoms with Gasteiger partial charge in [-0.2, -0.15) is 0 Å². The molecule has 2 aliphatic heterocycles. The smallest absolute Gasteiger partial charge is 0.322 e. The van der Waals surface area contributed by atoms with Gasteiger partial charge >= 0.3 is 6.03 Å². The van der Waals surface area contributed by atoms with Crippen LogP contribution in [0.3, 0.4) is 0 Å². The van der Waals surface area contributed by atoms with Gasteiger partial charge in [-0.05, 0) is 25.0 Å². The lowest BCUT2D eigenvalue weighted by Gasteiger charge is -2.37. The minimum atomic E-state index is -0.834. The summed E-state index contributed by atoms with van der Waals surface area (Å²) in [5.74, 6) is -0.294. The minimum absolute atomic E-state index is 0.00622. The molecule has 7 nitrogen and oxygen atoms in total. The van der Waals surface area contributed by atoms with E-state index in [0.717, 1.165) is 5.69 Å². The monoisotopic (exact) mass is 288 g/mol. The van der Waals surface area contributed by atoms with Gasteiger partial charge in [-0.3, -0.25) is 19.9 Å². The topological polar surface area (TPSA) is 91.4 Å². The summed E-state index contributed by atoms with van der Waals surface area (Å²) in [5.41, 5.74) is -0.103. The van der Waals surface area contributed by atoms with Crippen molar-refractivity contribution >= 4 is 17.8 Å². The number of carbonyl (C=O) groups is 3. The van der Waals surface area contributed by atoms with Crippen LogP contribution >= 0.6 is 0 Å². The Hall–Kier alpha value is -2.44. The fraction of sp³-hybridized carbons (Fsp3) is 0.429. The van der Waals surface area contributed by atoms with E-state index >= 15 is 0 Å². The van der Waals surface area contributed by atoms with Crippen molar-refractivity contribution in [2.24, 2.45) is 0 Å². The van der Waals surface area contributed by atoms with E-state index in [2.05, 4.69) is 15.6 Å². The number of amides is 4. The number of rotatable bonds is 2. The van der Waals surface area contributed by atoms with Gasteiger partial charge in [0.15, 0.2) is 0 Å². The Labute approximate surface area is 121 Å². The summed E-state index contributed by atoms with van der Waals surface area (Å²) < 4.78 is 0. The predicted molar refractivity (Wildman–Crippen MR) is 73.2 cm³/mol. The van der Waals surface area contributed by atoms with E-state index in [-0.39, 0.29) is 18.2 Å². The third-order valence-corrected chi connectivity index (χ3v) is 4.04. The molecular formula is C14H16N4O3. The third-order valence-electron chi connectivity index (χ3n) is 4.04. The molecule has 0 bridgehead atoms. The van der Waals surface area contributed by atoms with Crippen LogP contribution in [0.15, 0.2) is 24.4 Å². The summed E-state index contributed by atoms with van der Waals surface area (Å²) in [6.45, 7) is 0.915. The van der Waals surface area contributed by atoms with Crippen LogP contribution in [-0.4, -0.2) is 46.4 Å². The molecule has 7 heteroatoms. The SMILES string of the molecule is O=C1NC(=O)C2(CCN(C(=O)Cc3ccccn3)CC2)N1. The van der Waals surface area contributed by atoms with E-state index < -0.39 is 11.6 Å². The quantitative estimate of drug-likeness (QED) is 0.739. The van der Waals surface area contributed by atoms with Gasteiger partial charge in [0.2, 0.25) is 5.91 Å². The molecular weight excluding hydrogens is 272 g/mol. The average molecular weight is 288 g/mol. The first kappa shape index (κ1) is 13.5. The number of aromatic nitrogens is 1. The van der Waals surface area contributed by atoms with Crippen molar-refractivity contribution in [1.82, 2.24) is 20.5 Å². The molecule has 2 aliphatic rings. The van der Waals surface area contributed by atoms with Crippen molar-refractivity contribution in [2.75, 3.05) is 13.1 Å². The summed E-state index contributed by atoms with van der Waals surface area (Å²) in [5, 5.41) is 4.94. The maximum atomic E-state index is 12.2. The number of likely N-dealkylation sites (tertiary alicyclic amines) is 1. The molecule has 4 amide bonds. The Balaban J connectivity index is 1.60. The van der Waals surface area contributed by atoms with E-state index in [1.54, 1.807) is 17.2 Å². The van der Waals surface area contributed by atoms with E-state index in [1.807, 2.05) is 12.1 Å². The maximum absolute atomic E-state index is 12.2. The van der Waals surface area contributed by atoms with E-state index in [4.69, 9.17) is 0 Å². The standard InChI is InChI=1S/C14H16N4O3/c19-11(9-10-3-1-2-6-15-10)18-7-4-14(5-8-18)12(20)16-13(21)17-14/h1-3,6H,4-5,7-9H2,(H2,16,17,20,21). The molecule has 3 rings (SSSR count). The second kappa shape index (κ2) is 5.16. The average Bonchev–Trinajstić information content (AvgIpc) is 2.74. The highest BCUT2D eigenvalue weighted by Gasteiger charge is 2.48. The second-order valence-corrected chi connectivity index (χ2v) is 5.37. The molecule has 3 heterocycles. The van der Waals surface area contributed by atoms with E-state index in [9.17, 15) is 14.4 Å². The summed E-state index contributed by atoms with van der Waals surface area (Å²) in [6, 6.07) is 5.01. The summed E-state index contributed by atoms with van der Waals surface area (Å²) >= 11 is 0. The summed E-state index contributed by atoms with van der Waals surface area (Å²) in [6.07, 6.45) is 2.80. The van der Waals surface area contributed by atoms with Crippen LogP contribution in [0, 0.1) is 0 Å². The molecule has 2 fully saturated rings. The lowest BCUT2D eigenvalue weighted by Crippen LogP contribution is -2.55. The molecule has 1 aromatic heterocycles. The molecule has 2 N–H and O–H groups in total. The normalized spacial score (nSPS) is 20.3. The molecule has 21 heavy (non-hydrogen) atoms. The first-order chi connectivity index (χ1) is 10.1. The van der Waals surface area contributed by atoms with Gasteiger partial charge in [0.1, 0.15) is 5.54 Å². The summed E-state index contributed by atoms with van der Waals surface area (Å²) in [7, 11) is 0. The number of hydrogen-bond acceptors (Lipinski definition) is 4. The molecule has 110 valence electrons. The number of urea groups is 1. The number of imide groups is 1. The molecule has 0 saturated carbocycles. The highest BCUT2D eigenvalue weighted by atomic mass is 16.2. The number of carbonyl (C=O) groups excluding carboxylic acids is 3. The van der Waals surface area contributed by atoms with Crippen LogP contribution in [0.25, 0.3) is 0 Å². The lowest BCUT2D eigenvalue weighted by atomic mass is 9.87. The molecule has 1 spiro atoms. The van der Waals surface area contributed by atoms with Crippen molar-refractivity contribution in [1.29, 1.82) is 0 Å². The van der Waals surface area contributed by atoms with Gasteiger partial charge in [-0.15, -0.1) is 0 Å². The van der Waals surface area contributed by atoms with E-state index in [0.29, 0.717) is 25.9 Å². The fourth-order valence-corrected chi connectivity index (χ4v) is 2.79. The van der Waals surface area contributed by atoms with Gasteiger partial charge < -0.3 is 10.2 Å². The van der Waals surface area contributed by atoms with Gasteiger partial charge in [-0.1, -0.05) is 6.07 Å². The first-order valence-corrected chi connectivity index (χ1v) is 6.90. The van der Waals surface area contributed by atoms with Gasteiger partial charge in [0.25, 0.3) is 5.91 Å². The zero-order chi connectivity index (χ0) is 14.9. The largest absolute Gasteiger partial charge is 0.342 e. The Morgan fingerprint density at radius 1 is 1.29 bits per heavy atom. The Kier molecular flexibility index (Phi) is 3.32. The first-order valence-electron chi connectivity index (χ1n) is 6.90. The Morgan fingerprint density at radius 2 is 2.05 bits per heavy atom. The fourth-order valence-electron chi connectivity index (χ4n) is 2.79. The van der Waals surface area contributed by atoms with E-state index in [1.165, 1.54) is 0 Å². The zero-order valence-electron chi connectivity index (χ0n) is 11.5. The molecule has 0 radical (unpaired) electrons. The van der Waals surface area contributed by atoms with Crippen molar-refractivity contribution < 1.29 is 14.4 Å². The van der Waals surface area contributed by atoms with Gasteiger partial charge in [0.05, 0.1) is 6.42 Å². The van der Waals surface area contributed by atoms with Gasteiger partial charge in [0, 0.05) is 25.0 Å². The molecule has 0 atom stereocenters. The predicted octanol–water partition coefficient (Wildman–Crippen LogP) is -0.175.